The molecule has 3 N–H and O–H groups in total. The van der Waals surface area contributed by atoms with Gasteiger partial charge < -0.3 is 16.0 Å². The SMILES string of the molecule is NCCNC(=O)C1CCCN(C(=O)c2ccc([N+](=O)[O-])cc2)C1. The van der Waals surface area contributed by atoms with Gasteiger partial charge in [-0.25, -0.2) is 0 Å². The van der Waals surface area contributed by atoms with Crippen LogP contribution in [-0.4, -0.2) is 47.8 Å². The molecular weight excluding hydrogens is 300 g/mol. The Hall–Kier alpha value is -2.48. The van der Waals surface area contributed by atoms with Gasteiger partial charge in [-0.1, -0.05) is 0 Å². The van der Waals surface area contributed by atoms with Crippen molar-refractivity contribution in [2.75, 3.05) is 26.2 Å². The molecule has 8 heteroatoms. The summed E-state index contributed by atoms with van der Waals surface area (Å²) in [5, 5.41) is 13.4. The number of nitrogens with zero attached hydrogens (tertiary/aromatic N) is 2. The highest BCUT2D eigenvalue weighted by Gasteiger charge is 2.28. The lowest BCUT2D eigenvalue weighted by molar-refractivity contribution is -0.384. The lowest BCUT2D eigenvalue weighted by Crippen LogP contribution is -2.46. The molecule has 1 aromatic carbocycles. The zero-order valence-electron chi connectivity index (χ0n) is 12.7. The van der Waals surface area contributed by atoms with Crippen LogP contribution in [0.4, 0.5) is 5.69 Å². The topological polar surface area (TPSA) is 119 Å². The molecule has 1 heterocycles. The highest BCUT2D eigenvalue weighted by Crippen LogP contribution is 2.20. The van der Waals surface area contributed by atoms with Crippen LogP contribution in [0.1, 0.15) is 23.2 Å². The number of carbonyl (C=O) groups excluding carboxylic acids is 2. The Morgan fingerprint density at radius 2 is 2.04 bits per heavy atom. The summed E-state index contributed by atoms with van der Waals surface area (Å²) in [6, 6.07) is 5.50. The molecule has 124 valence electrons. The number of likely N-dealkylation sites (tertiary alicyclic amines) is 1. The Morgan fingerprint density at radius 1 is 1.35 bits per heavy atom. The molecule has 1 aliphatic rings. The van der Waals surface area contributed by atoms with Crippen LogP contribution < -0.4 is 11.1 Å². The van der Waals surface area contributed by atoms with Gasteiger partial charge in [0.05, 0.1) is 10.8 Å². The van der Waals surface area contributed by atoms with E-state index in [0.717, 1.165) is 12.8 Å². The normalized spacial score (nSPS) is 17.6. The van der Waals surface area contributed by atoms with Crippen molar-refractivity contribution in [3.8, 4) is 0 Å². The van der Waals surface area contributed by atoms with Gasteiger partial charge in [0.1, 0.15) is 0 Å². The van der Waals surface area contributed by atoms with Crippen LogP contribution in [0.25, 0.3) is 0 Å². The monoisotopic (exact) mass is 320 g/mol. The summed E-state index contributed by atoms with van der Waals surface area (Å²) in [6.45, 7) is 1.73. The fourth-order valence-corrected chi connectivity index (χ4v) is 2.62. The third-order valence-electron chi connectivity index (χ3n) is 3.85. The van der Waals surface area contributed by atoms with Gasteiger partial charge in [-0.3, -0.25) is 19.7 Å². The van der Waals surface area contributed by atoms with Crippen LogP contribution in [0.5, 0.6) is 0 Å². The molecule has 0 bridgehead atoms. The maximum atomic E-state index is 12.5. The lowest BCUT2D eigenvalue weighted by Gasteiger charge is -2.32. The van der Waals surface area contributed by atoms with Gasteiger partial charge in [-0.15, -0.1) is 0 Å². The molecule has 1 saturated heterocycles. The second-order valence-corrected chi connectivity index (χ2v) is 5.47. The summed E-state index contributed by atoms with van der Waals surface area (Å²) >= 11 is 0. The number of nitrogens with one attached hydrogen (secondary N) is 1. The number of carbonyl (C=O) groups is 2. The van der Waals surface area contributed by atoms with E-state index in [1.54, 1.807) is 4.90 Å². The van der Waals surface area contributed by atoms with Crippen LogP contribution in [0, 0.1) is 16.0 Å². The summed E-state index contributed by atoms with van der Waals surface area (Å²) in [6.07, 6.45) is 1.49. The predicted octanol–water partition coefficient (Wildman–Crippen LogP) is 0.522. The average Bonchev–Trinajstić information content (AvgIpc) is 2.59. The van der Waals surface area contributed by atoms with Crippen molar-refractivity contribution in [1.29, 1.82) is 0 Å². The Kier molecular flexibility index (Phi) is 5.64. The molecule has 0 radical (unpaired) electrons. The van der Waals surface area contributed by atoms with Crippen molar-refractivity contribution >= 4 is 17.5 Å². The number of benzene rings is 1. The summed E-state index contributed by atoms with van der Waals surface area (Å²) in [4.78, 5) is 36.2. The zero-order chi connectivity index (χ0) is 16.8. The summed E-state index contributed by atoms with van der Waals surface area (Å²) in [5.41, 5.74) is 5.70. The number of nitrogens with two attached hydrogens (primary N) is 1. The van der Waals surface area contributed by atoms with Gasteiger partial charge >= 0.3 is 0 Å². The number of rotatable bonds is 5. The number of hydrogen-bond acceptors (Lipinski definition) is 5. The first-order chi connectivity index (χ1) is 11.0. The molecule has 1 aliphatic heterocycles. The zero-order valence-corrected chi connectivity index (χ0v) is 12.7. The van der Waals surface area contributed by atoms with Crippen molar-refractivity contribution in [2.45, 2.75) is 12.8 Å². The Balaban J connectivity index is 2.01. The fraction of sp³-hybridized carbons (Fsp3) is 0.467. The molecule has 0 saturated carbocycles. The highest BCUT2D eigenvalue weighted by atomic mass is 16.6. The third-order valence-corrected chi connectivity index (χ3v) is 3.85. The van der Waals surface area contributed by atoms with Gasteiger partial charge in [-0.2, -0.15) is 0 Å². The van der Waals surface area contributed by atoms with Crippen LogP contribution >= 0.6 is 0 Å². The molecule has 1 unspecified atom stereocenters. The molecule has 2 amide bonds. The van der Waals surface area contributed by atoms with E-state index in [1.807, 2.05) is 0 Å². The molecule has 1 atom stereocenters. The van der Waals surface area contributed by atoms with Crippen LogP contribution in [0.3, 0.4) is 0 Å². The first kappa shape index (κ1) is 16.9. The Bertz CT molecular complexity index is 588. The molecule has 23 heavy (non-hydrogen) atoms. The molecule has 0 aromatic heterocycles. The largest absolute Gasteiger partial charge is 0.355 e. The minimum atomic E-state index is -0.507. The van der Waals surface area contributed by atoms with E-state index in [9.17, 15) is 19.7 Å². The molecular formula is C15H20N4O4. The van der Waals surface area contributed by atoms with E-state index >= 15 is 0 Å². The lowest BCUT2D eigenvalue weighted by atomic mass is 9.96. The average molecular weight is 320 g/mol. The smallest absolute Gasteiger partial charge is 0.269 e. The number of hydrogen-bond donors (Lipinski definition) is 2. The highest BCUT2D eigenvalue weighted by molar-refractivity contribution is 5.95. The maximum absolute atomic E-state index is 12.5. The summed E-state index contributed by atoms with van der Waals surface area (Å²) < 4.78 is 0. The second kappa shape index (κ2) is 7.68. The number of non-ortho nitro benzene ring substituents is 1. The van der Waals surface area contributed by atoms with E-state index in [2.05, 4.69) is 5.32 Å². The van der Waals surface area contributed by atoms with Crippen molar-refractivity contribution < 1.29 is 14.5 Å². The van der Waals surface area contributed by atoms with Gasteiger partial charge in [0.2, 0.25) is 5.91 Å². The fourth-order valence-electron chi connectivity index (χ4n) is 2.62. The van der Waals surface area contributed by atoms with Gasteiger partial charge in [0.25, 0.3) is 11.6 Å². The van der Waals surface area contributed by atoms with Crippen molar-refractivity contribution in [2.24, 2.45) is 11.7 Å². The molecule has 8 nitrogen and oxygen atoms in total. The maximum Gasteiger partial charge on any atom is 0.269 e. The standard InChI is InChI=1S/C15H20N4O4/c16-7-8-17-14(20)12-2-1-9-18(10-12)15(21)11-3-5-13(6-4-11)19(22)23/h3-6,12H,1-2,7-10,16H2,(H,17,20). The van der Waals surface area contributed by atoms with E-state index in [-0.39, 0.29) is 23.4 Å². The van der Waals surface area contributed by atoms with Crippen molar-refractivity contribution in [1.82, 2.24) is 10.2 Å². The Morgan fingerprint density at radius 3 is 2.65 bits per heavy atom. The first-order valence-corrected chi connectivity index (χ1v) is 7.54. The van der Waals surface area contributed by atoms with E-state index in [1.165, 1.54) is 24.3 Å². The summed E-state index contributed by atoms with van der Waals surface area (Å²) in [5.74, 6) is -0.537. The first-order valence-electron chi connectivity index (χ1n) is 7.54. The molecule has 1 fully saturated rings. The second-order valence-electron chi connectivity index (χ2n) is 5.47. The number of piperidine rings is 1. The number of nitro groups is 1. The third kappa shape index (κ3) is 4.26. The molecule has 0 spiro atoms. The molecule has 2 rings (SSSR count). The number of nitro benzene ring substituents is 1. The van der Waals surface area contributed by atoms with Crippen LogP contribution in [-0.2, 0) is 4.79 Å². The van der Waals surface area contributed by atoms with E-state index in [0.29, 0.717) is 31.7 Å². The van der Waals surface area contributed by atoms with E-state index < -0.39 is 4.92 Å². The molecule has 0 aliphatic carbocycles. The minimum Gasteiger partial charge on any atom is -0.355 e. The number of amides is 2. The predicted molar refractivity (Wildman–Crippen MR) is 83.8 cm³/mol. The van der Waals surface area contributed by atoms with Gasteiger partial charge in [0, 0.05) is 43.9 Å². The summed E-state index contributed by atoms with van der Waals surface area (Å²) in [7, 11) is 0. The van der Waals surface area contributed by atoms with Gasteiger partial charge in [-0.05, 0) is 25.0 Å². The van der Waals surface area contributed by atoms with E-state index in [4.69, 9.17) is 5.73 Å². The Labute approximate surface area is 133 Å². The van der Waals surface area contributed by atoms with Gasteiger partial charge in [0.15, 0.2) is 0 Å². The van der Waals surface area contributed by atoms with Crippen molar-refractivity contribution in [3.05, 3.63) is 39.9 Å². The van der Waals surface area contributed by atoms with Crippen LogP contribution in [0.15, 0.2) is 24.3 Å². The minimum absolute atomic E-state index is 0.0563. The molecule has 1 aromatic rings. The quantitative estimate of drug-likeness (QED) is 0.605. The van der Waals surface area contributed by atoms with Crippen LogP contribution in [0.2, 0.25) is 0 Å². The van der Waals surface area contributed by atoms with Crippen molar-refractivity contribution in [3.63, 3.8) is 0 Å².